The number of aromatic amines is 1. The first-order valence-electron chi connectivity index (χ1n) is 23.0. The Morgan fingerprint density at radius 1 is 0.810 bits per heavy atom. The number of ether oxygens (including phenoxy) is 1. The second kappa shape index (κ2) is 34.7. The van der Waals surface area contributed by atoms with E-state index in [0.29, 0.717) is 33.9 Å². The Labute approximate surface area is 493 Å². The predicted molar refractivity (Wildman–Crippen MR) is 340 cm³/mol. The maximum Gasteiger partial charge on any atom is 0.345 e. The molecule has 11 rings (SSSR count). The number of fused-ring (bicyclic) bond motifs is 3. The number of anilines is 4. The topological polar surface area (TPSA) is 258 Å². The van der Waals surface area contributed by atoms with Crippen LogP contribution >= 0.6 is 66.4 Å². The number of rotatable bonds is 8. The smallest absolute Gasteiger partial charge is 0.345 e. The SMILES string of the molecule is C.C.C.C.C/C=C\C(N)=C/N.CC(=O)c1cc2ccc(Br)cc2[nH]1.Clc1nccc(Nc2ccc(C3=CCN=C3)cc2)n1.Clc1nccc(Nc2ccc3c(c2)C=NC3)n1.NC1CCOC1.O=C(O)c1cc2ccc(Br)cc2s1. The summed E-state index contributed by atoms with van der Waals surface area (Å²) < 4.78 is 7.91. The lowest BCUT2D eigenvalue weighted by atomic mass is 10.1. The third-order valence-corrected chi connectivity index (χ3v) is 12.9. The van der Waals surface area contributed by atoms with E-state index in [2.05, 4.69) is 89.5 Å². The highest BCUT2D eigenvalue weighted by Gasteiger charge is 2.10. The highest BCUT2D eigenvalue weighted by atomic mass is 79.9. The minimum absolute atomic E-state index is 0. The van der Waals surface area contributed by atoms with E-state index < -0.39 is 5.97 Å². The van der Waals surface area contributed by atoms with Crippen LogP contribution in [0.4, 0.5) is 23.0 Å². The summed E-state index contributed by atoms with van der Waals surface area (Å²) in [4.78, 5) is 49.4. The molecule has 4 aromatic carbocycles. The van der Waals surface area contributed by atoms with E-state index >= 15 is 0 Å². The number of hydrogen-bond acceptors (Lipinski definition) is 15. The van der Waals surface area contributed by atoms with Crippen LogP contribution in [0.5, 0.6) is 0 Å². The molecule has 3 aliphatic heterocycles. The molecular formula is C58H68Br2Cl2N12O4S. The molecule has 0 saturated carbocycles. The maximum absolute atomic E-state index is 11.1. The van der Waals surface area contributed by atoms with Gasteiger partial charge < -0.3 is 42.7 Å². The number of carboxylic acid groups (broad SMARTS) is 1. The van der Waals surface area contributed by atoms with Crippen molar-refractivity contribution in [1.29, 1.82) is 0 Å². The molecule has 0 spiro atoms. The molecule has 1 fully saturated rings. The van der Waals surface area contributed by atoms with Gasteiger partial charge in [-0.1, -0.05) is 104 Å². The molecular weight excluding hydrogens is 1190 g/mol. The highest BCUT2D eigenvalue weighted by Crippen LogP contribution is 2.29. The first kappa shape index (κ1) is 68.0. The van der Waals surface area contributed by atoms with Gasteiger partial charge in [-0.3, -0.25) is 14.8 Å². The van der Waals surface area contributed by atoms with Gasteiger partial charge in [-0.05, 0) is 143 Å². The first-order chi connectivity index (χ1) is 36.2. The van der Waals surface area contributed by atoms with Crippen LogP contribution in [0.1, 0.15) is 86.8 Å². The minimum atomic E-state index is -0.864. The summed E-state index contributed by atoms with van der Waals surface area (Å²) in [5, 5.41) is 17.6. The van der Waals surface area contributed by atoms with Crippen molar-refractivity contribution in [2.75, 3.05) is 30.4 Å². The Morgan fingerprint density at radius 2 is 1.44 bits per heavy atom. The largest absolute Gasteiger partial charge is 0.477 e. The van der Waals surface area contributed by atoms with E-state index in [1.54, 1.807) is 43.6 Å². The molecule has 418 valence electrons. The van der Waals surface area contributed by atoms with E-state index in [4.69, 9.17) is 50.2 Å². The van der Waals surface area contributed by atoms with E-state index in [-0.39, 0.29) is 46.1 Å². The van der Waals surface area contributed by atoms with Crippen molar-refractivity contribution in [3.8, 4) is 0 Å². The number of thiophene rings is 1. The van der Waals surface area contributed by atoms with Gasteiger partial charge in [0.25, 0.3) is 0 Å². The van der Waals surface area contributed by atoms with Crippen LogP contribution in [0.3, 0.4) is 0 Å². The van der Waals surface area contributed by atoms with Crippen LogP contribution in [0.2, 0.25) is 10.6 Å². The number of halogens is 4. The summed E-state index contributed by atoms with van der Waals surface area (Å²) in [7, 11) is 0. The second-order valence-electron chi connectivity index (χ2n) is 16.1. The second-order valence-corrected chi connectivity index (χ2v) is 19.7. The zero-order chi connectivity index (χ0) is 53.7. The lowest BCUT2D eigenvalue weighted by Gasteiger charge is -2.06. The fourth-order valence-corrected chi connectivity index (χ4v) is 8.89. The number of carboxylic acids is 1. The molecule has 79 heavy (non-hydrogen) atoms. The van der Waals surface area contributed by atoms with Crippen molar-refractivity contribution in [2.45, 2.75) is 62.6 Å². The molecule has 7 heterocycles. The first-order valence-corrected chi connectivity index (χ1v) is 26.1. The van der Waals surface area contributed by atoms with Crippen molar-refractivity contribution in [1.82, 2.24) is 24.9 Å². The summed E-state index contributed by atoms with van der Waals surface area (Å²) in [6.45, 7) is 6.61. The van der Waals surface area contributed by atoms with Gasteiger partial charge in [-0.2, -0.15) is 0 Å². The number of carbonyl (C=O) groups is 2. The van der Waals surface area contributed by atoms with E-state index in [0.717, 1.165) is 90.7 Å². The number of carbonyl (C=O) groups excluding carboxylic acids is 1. The number of nitrogens with two attached hydrogens (primary N) is 3. The van der Waals surface area contributed by atoms with Crippen LogP contribution < -0.4 is 27.8 Å². The average molecular weight is 1260 g/mol. The van der Waals surface area contributed by atoms with Crippen molar-refractivity contribution >= 4 is 140 Å². The Hall–Kier alpha value is -7.10. The van der Waals surface area contributed by atoms with Crippen LogP contribution in [0.25, 0.3) is 26.6 Å². The molecule has 21 heteroatoms. The van der Waals surface area contributed by atoms with Crippen molar-refractivity contribution in [2.24, 2.45) is 27.2 Å². The van der Waals surface area contributed by atoms with Crippen molar-refractivity contribution in [3.63, 3.8) is 0 Å². The van der Waals surface area contributed by atoms with Crippen LogP contribution in [0.15, 0.2) is 165 Å². The molecule has 0 aliphatic carbocycles. The number of aromatic carboxylic acids is 1. The lowest BCUT2D eigenvalue weighted by Crippen LogP contribution is -2.18. The molecule has 10 N–H and O–H groups in total. The number of hydrogen-bond donors (Lipinski definition) is 7. The summed E-state index contributed by atoms with van der Waals surface area (Å²) in [6.07, 6.45) is 15.1. The fraction of sp³-hybridized carbons (Fsp3) is 0.207. The predicted octanol–water partition coefficient (Wildman–Crippen LogP) is 15.2. The number of nitrogens with zero attached hydrogens (tertiary/aromatic N) is 6. The van der Waals surface area contributed by atoms with Crippen molar-refractivity contribution in [3.05, 3.63) is 192 Å². The summed E-state index contributed by atoms with van der Waals surface area (Å²) >= 11 is 19.5. The third-order valence-electron chi connectivity index (χ3n) is 10.5. The fourth-order valence-electron chi connectivity index (χ4n) is 6.78. The quantitative estimate of drug-likeness (QED) is 0.0425. The average Bonchev–Trinajstić information content (AvgIpc) is 4.27. The molecule has 16 nitrogen and oxygen atoms in total. The minimum Gasteiger partial charge on any atom is -0.477 e. The molecule has 4 aromatic heterocycles. The van der Waals surface area contributed by atoms with Gasteiger partial charge in [-0.15, -0.1) is 11.3 Å². The number of H-pyrrole nitrogens is 1. The summed E-state index contributed by atoms with van der Waals surface area (Å²) in [5.74, 6) is 0.555. The van der Waals surface area contributed by atoms with Crippen LogP contribution in [-0.4, -0.2) is 80.0 Å². The third kappa shape index (κ3) is 22.3. The number of nitrogens with one attached hydrogen (secondary N) is 3. The number of benzene rings is 4. The summed E-state index contributed by atoms with van der Waals surface area (Å²) in [5.41, 5.74) is 24.5. The van der Waals surface area contributed by atoms with Gasteiger partial charge in [0, 0.05) is 92.2 Å². The molecule has 8 aromatic rings. The number of aromatic nitrogens is 5. The number of allylic oxidation sites excluding steroid dienone is 3. The Bertz CT molecular complexity index is 3290. The van der Waals surface area contributed by atoms with Gasteiger partial charge in [0.2, 0.25) is 10.6 Å². The van der Waals surface area contributed by atoms with Gasteiger partial charge in [0.05, 0.1) is 25.4 Å². The van der Waals surface area contributed by atoms with E-state index in [1.807, 2.05) is 104 Å². The van der Waals surface area contributed by atoms with Crippen LogP contribution in [-0.2, 0) is 11.3 Å². The monoisotopic (exact) mass is 1260 g/mol. The molecule has 0 amide bonds. The Kier molecular flexibility index (Phi) is 29.9. The highest BCUT2D eigenvalue weighted by molar-refractivity contribution is 9.10. The zero-order valence-electron chi connectivity index (χ0n) is 40.6. The summed E-state index contributed by atoms with van der Waals surface area (Å²) in [6, 6.07) is 33.3. The van der Waals surface area contributed by atoms with E-state index in [9.17, 15) is 9.59 Å². The standard InChI is InChI=1S/C14H11ClN4.C12H9ClN4.C10H8BrNO.C9H5BrO2S.C5H10N2.C4H9NO.4CH4/c15-14-17-8-6-13(19-14)18-12-3-1-10(2-4-12)11-5-7-16-9-11;13-12-15-4-3-11(17-12)16-10-2-1-8-6-14-7-9(8)5-10;1-6(13)9-4-7-2-3-8(11)5-10(7)12-9;10-6-2-1-5-3-8(9(11)12)13-7(5)4-6;1-2-3-5(7)4-6;5-4-1-2-6-3-4;;;;/h1-6,8-9H,7H2,(H,17,18,19);1-5,7H,6H2,(H,15,16,17);2-5,12H,1H3;1-4H,(H,11,12);2-4H,6-7H2,1H3;4H,1-3,5H2;4*1H4/b;;;;3-2-,5-4+;;;;;. The van der Waals surface area contributed by atoms with E-state index in [1.165, 1.54) is 23.1 Å². The Balaban J connectivity index is 0.000000332. The van der Waals surface area contributed by atoms with Crippen molar-refractivity contribution < 1.29 is 19.4 Å². The van der Waals surface area contributed by atoms with Gasteiger partial charge in [0.1, 0.15) is 16.5 Å². The normalized spacial score (nSPS) is 13.2. The maximum atomic E-state index is 11.1. The van der Waals surface area contributed by atoms with Gasteiger partial charge in [-0.25, -0.2) is 24.7 Å². The Morgan fingerprint density at radius 3 is 1.97 bits per heavy atom. The zero-order valence-corrected chi connectivity index (χ0v) is 46.1. The van der Waals surface area contributed by atoms with Gasteiger partial charge >= 0.3 is 5.97 Å². The number of aliphatic imine (C=N–C) groups is 2. The molecule has 3 aliphatic rings. The molecule has 0 radical (unpaired) electrons. The molecule has 0 bridgehead atoms. The number of ketones is 1. The molecule has 1 unspecified atom stereocenters. The van der Waals surface area contributed by atoms with Crippen LogP contribution in [0, 0.1) is 0 Å². The molecule has 1 atom stereocenters. The number of Topliss-reactive ketones (excluding diaryl/α,β-unsaturated/α-hetero) is 1. The lowest BCUT2D eigenvalue weighted by molar-refractivity contribution is 0.0702. The van der Waals surface area contributed by atoms with Gasteiger partial charge in [0.15, 0.2) is 5.78 Å². The molecule has 1 saturated heterocycles.